The van der Waals surface area contributed by atoms with E-state index in [-0.39, 0.29) is 29.3 Å². The second-order valence-electron chi connectivity index (χ2n) is 19.1. The molecule has 7 saturated carbocycles. The summed E-state index contributed by atoms with van der Waals surface area (Å²) < 4.78 is 21.7. The molecule has 7 unspecified atom stereocenters. The average molecular weight is 830 g/mol. The number of hydrogen-bond acceptors (Lipinski definition) is 12. The van der Waals surface area contributed by atoms with Crippen LogP contribution < -0.4 is 0 Å². The molecule has 8 aliphatic rings. The number of benzene rings is 1. The van der Waals surface area contributed by atoms with E-state index >= 15 is 0 Å². The van der Waals surface area contributed by atoms with Gasteiger partial charge in [-0.3, -0.25) is 4.79 Å². The van der Waals surface area contributed by atoms with Crippen LogP contribution in [-0.4, -0.2) is 73.8 Å². The van der Waals surface area contributed by atoms with Crippen LogP contribution in [0.1, 0.15) is 124 Å². The van der Waals surface area contributed by atoms with Crippen molar-refractivity contribution in [3.63, 3.8) is 0 Å². The summed E-state index contributed by atoms with van der Waals surface area (Å²) in [5.74, 6) is -0.592. The van der Waals surface area contributed by atoms with Crippen molar-refractivity contribution in [1.29, 1.82) is 5.26 Å². The number of carbonyl (C=O) groups excluding carboxylic acids is 4. The Morgan fingerprint density at radius 1 is 0.867 bits per heavy atom. The molecule has 326 valence electrons. The summed E-state index contributed by atoms with van der Waals surface area (Å²) in [6.07, 6.45) is 11.8. The molecule has 1 saturated heterocycles. The van der Waals surface area contributed by atoms with Crippen LogP contribution in [0.5, 0.6) is 5.75 Å². The van der Waals surface area contributed by atoms with Crippen LogP contribution in [0.15, 0.2) is 67.3 Å². The highest BCUT2D eigenvalue weighted by atomic mass is 16.6. The molecule has 1 aliphatic heterocycles. The fraction of sp³-hybridized carbons (Fsp3) is 0.604. The second-order valence-corrected chi connectivity index (χ2v) is 19.1. The third-order valence-electron chi connectivity index (χ3n) is 13.4. The average Bonchev–Trinajstić information content (AvgIpc) is 3.77. The number of nitriles is 1. The van der Waals surface area contributed by atoms with Gasteiger partial charge >= 0.3 is 23.9 Å². The van der Waals surface area contributed by atoms with Crippen LogP contribution in [0.3, 0.4) is 0 Å². The summed E-state index contributed by atoms with van der Waals surface area (Å²) in [4.78, 5) is 46.6. The molecule has 9 rings (SSSR count). The number of esters is 4. The molecule has 12 nitrogen and oxygen atoms in total. The molecule has 6 bridgehead atoms. The summed E-state index contributed by atoms with van der Waals surface area (Å²) in [7, 11) is 0. The van der Waals surface area contributed by atoms with E-state index in [1.807, 2.05) is 26.0 Å². The molecule has 3 N–H and O–H groups in total. The number of phenols is 1. The first-order chi connectivity index (χ1) is 28.0. The first kappa shape index (κ1) is 46.3. The highest BCUT2D eigenvalue weighted by Gasteiger charge is 2.72. The molecule has 12 heteroatoms. The van der Waals surface area contributed by atoms with Crippen LogP contribution in [0, 0.1) is 40.4 Å². The van der Waals surface area contributed by atoms with Crippen molar-refractivity contribution in [2.75, 3.05) is 0 Å². The first-order valence-electron chi connectivity index (χ1n) is 21.1. The number of ether oxygens (including phenoxy) is 4. The Hall–Kier alpha value is -4.73. The number of hydrogen-bond donors (Lipinski definition) is 3. The molecule has 8 fully saturated rings. The Balaban J connectivity index is 0.000000156. The third kappa shape index (κ3) is 10.1. The standard InChI is InChI=1S/C14H20O4.C13H13NO4.C13H22O2.C8H8O/c1-9(2)11(15)18-14-5-10-3-12(16,7-14)6-13(17,4-10)8-14;1-6(2)11(15)17-9-7-3-8-10(9)18-12(16)13(8,4-7)5-14;1-10(2)12(14)15-13(3,4)11-8-6-5-7-9-11;1-2-7-3-5-8(9)6-4-7/h10,16-17H,1,3-8H2,2H3;7-10H,1,3-4H2,2H3;11H,1,5-9H2,2-4H3;2-6,9H,1H2. The van der Waals surface area contributed by atoms with E-state index in [1.165, 1.54) is 32.1 Å². The number of carbonyl (C=O) groups is 4. The first-order valence-corrected chi connectivity index (χ1v) is 21.1. The van der Waals surface area contributed by atoms with Crippen LogP contribution in [-0.2, 0) is 38.1 Å². The molecule has 0 radical (unpaired) electrons. The number of aromatic hydroxyl groups is 1. The lowest BCUT2D eigenvalue weighted by Gasteiger charge is -2.62. The van der Waals surface area contributed by atoms with Gasteiger partial charge in [0.2, 0.25) is 0 Å². The number of fused-ring (bicyclic) bond motifs is 1. The van der Waals surface area contributed by atoms with Gasteiger partial charge in [0.15, 0.2) is 5.41 Å². The van der Waals surface area contributed by atoms with E-state index in [0.717, 1.165) is 31.2 Å². The van der Waals surface area contributed by atoms with Gasteiger partial charge in [0.25, 0.3) is 0 Å². The Labute approximate surface area is 354 Å². The van der Waals surface area contributed by atoms with Crippen molar-refractivity contribution in [2.24, 2.45) is 29.1 Å². The maximum atomic E-state index is 11.8. The maximum Gasteiger partial charge on any atom is 0.333 e. The fourth-order valence-corrected chi connectivity index (χ4v) is 11.0. The molecular formula is C48H63NO11. The van der Waals surface area contributed by atoms with Crippen molar-refractivity contribution in [3.8, 4) is 11.8 Å². The van der Waals surface area contributed by atoms with Gasteiger partial charge in [-0.05, 0) is 109 Å². The Morgan fingerprint density at radius 2 is 1.43 bits per heavy atom. The van der Waals surface area contributed by atoms with Crippen molar-refractivity contribution < 1.29 is 53.4 Å². The van der Waals surface area contributed by atoms with Crippen molar-refractivity contribution in [3.05, 3.63) is 72.9 Å². The summed E-state index contributed by atoms with van der Waals surface area (Å²) in [6.45, 7) is 23.2. The topological polar surface area (TPSA) is 190 Å². The van der Waals surface area contributed by atoms with E-state index in [4.69, 9.17) is 24.1 Å². The van der Waals surface area contributed by atoms with E-state index < -0.39 is 52.3 Å². The van der Waals surface area contributed by atoms with Gasteiger partial charge in [0, 0.05) is 47.8 Å². The Kier molecular flexibility index (Phi) is 13.7. The van der Waals surface area contributed by atoms with Crippen LogP contribution in [0.4, 0.5) is 0 Å². The lowest BCUT2D eigenvalue weighted by Crippen LogP contribution is -2.66. The van der Waals surface area contributed by atoms with Crippen molar-refractivity contribution >= 4 is 30.0 Å². The monoisotopic (exact) mass is 829 g/mol. The van der Waals surface area contributed by atoms with Crippen LogP contribution in [0.25, 0.3) is 6.08 Å². The summed E-state index contributed by atoms with van der Waals surface area (Å²) in [5, 5.41) is 39.1. The normalized spacial score (nSPS) is 33.8. The van der Waals surface area contributed by atoms with Crippen LogP contribution in [0.2, 0.25) is 0 Å². The summed E-state index contributed by atoms with van der Waals surface area (Å²) in [5.41, 5.74) is -1.52. The smallest absolute Gasteiger partial charge is 0.333 e. The van der Waals surface area contributed by atoms with Gasteiger partial charge in [-0.1, -0.05) is 63.8 Å². The van der Waals surface area contributed by atoms with Crippen molar-refractivity contribution in [2.45, 2.75) is 153 Å². The molecule has 1 aromatic carbocycles. The predicted molar refractivity (Wildman–Crippen MR) is 223 cm³/mol. The van der Waals surface area contributed by atoms with Gasteiger partial charge in [-0.25, -0.2) is 14.4 Å². The van der Waals surface area contributed by atoms with Gasteiger partial charge in [0.1, 0.15) is 29.2 Å². The lowest BCUT2D eigenvalue weighted by atomic mass is 9.50. The molecule has 7 atom stereocenters. The Bertz CT molecular complexity index is 1900. The predicted octanol–water partition coefficient (Wildman–Crippen LogP) is 7.75. The number of rotatable bonds is 8. The highest BCUT2D eigenvalue weighted by Crippen LogP contribution is 2.62. The zero-order valence-corrected chi connectivity index (χ0v) is 35.9. The number of phenolic OH excluding ortho intramolecular Hbond substituents is 1. The maximum absolute atomic E-state index is 11.8. The zero-order valence-electron chi connectivity index (χ0n) is 35.9. The number of nitrogens with zero attached hydrogens (tertiary/aromatic N) is 1. The minimum atomic E-state index is -0.985. The van der Waals surface area contributed by atoms with Gasteiger partial charge in [0.05, 0.1) is 17.3 Å². The lowest BCUT2D eigenvalue weighted by molar-refractivity contribution is -0.260. The second kappa shape index (κ2) is 17.7. The van der Waals surface area contributed by atoms with Gasteiger partial charge in [-0.15, -0.1) is 0 Å². The molecule has 0 aromatic heterocycles. The van der Waals surface area contributed by atoms with E-state index in [9.17, 15) is 34.7 Å². The minimum Gasteiger partial charge on any atom is -0.508 e. The minimum absolute atomic E-state index is 0.0504. The van der Waals surface area contributed by atoms with Gasteiger partial charge in [-0.2, -0.15) is 5.26 Å². The highest BCUT2D eigenvalue weighted by molar-refractivity contribution is 5.88. The molecule has 0 amide bonds. The largest absolute Gasteiger partial charge is 0.508 e. The number of aliphatic hydroxyl groups is 2. The fourth-order valence-electron chi connectivity index (χ4n) is 11.0. The molecular weight excluding hydrogens is 767 g/mol. The zero-order chi connectivity index (χ0) is 44.4. The van der Waals surface area contributed by atoms with E-state index in [2.05, 4.69) is 32.4 Å². The van der Waals surface area contributed by atoms with E-state index in [0.29, 0.717) is 54.1 Å². The summed E-state index contributed by atoms with van der Waals surface area (Å²) >= 11 is 0. The Morgan fingerprint density at radius 3 is 1.93 bits per heavy atom. The molecule has 1 heterocycles. The van der Waals surface area contributed by atoms with Gasteiger partial charge < -0.3 is 34.3 Å². The van der Waals surface area contributed by atoms with Crippen LogP contribution >= 0.6 is 0 Å². The summed E-state index contributed by atoms with van der Waals surface area (Å²) in [6, 6.07) is 9.00. The molecule has 7 aliphatic carbocycles. The SMILES string of the molecule is C=C(C)C(=O)OC(C)(C)C1CCCCC1.C=C(C)C(=O)OC12CC3CC(O)(CC(O)(C3)C1)C2.C=C(C)C(=O)OC1C2CC3C1OC(=O)C3(C#N)C2.C=Cc1ccc(O)cc1. The molecule has 1 aromatic rings. The van der Waals surface area contributed by atoms with Crippen molar-refractivity contribution in [1.82, 2.24) is 0 Å². The molecule has 0 spiro atoms. The third-order valence-corrected chi connectivity index (χ3v) is 13.4. The molecule has 60 heavy (non-hydrogen) atoms. The quantitative estimate of drug-likeness (QED) is 0.131. The van der Waals surface area contributed by atoms with E-state index in [1.54, 1.807) is 39.0 Å².